The molecule has 0 radical (unpaired) electrons. The van der Waals surface area contributed by atoms with Crippen molar-refractivity contribution in [3.05, 3.63) is 17.7 Å². The Bertz CT molecular complexity index is 364. The molecule has 0 atom stereocenters. The molecule has 1 fully saturated rings. The van der Waals surface area contributed by atoms with Gasteiger partial charge < -0.3 is 20.2 Å². The van der Waals surface area contributed by atoms with Crippen LogP contribution in [0.5, 0.6) is 17.2 Å². The maximum atomic E-state index is 9.66. The summed E-state index contributed by atoms with van der Waals surface area (Å²) in [6.07, 6.45) is 1.60. The standard InChI is InChI=1S/C10H13NO4/c11-15-5-10(1-2-10)9-7(13)3-6(12)4-8(9)14/h3-4,12-14H,1-2,5,11H2. The third-order valence-electron chi connectivity index (χ3n) is 2.82. The van der Waals surface area contributed by atoms with Crippen molar-refractivity contribution in [2.45, 2.75) is 18.3 Å². The number of nitrogens with two attached hydrogens (primary N) is 1. The molecule has 0 aliphatic heterocycles. The van der Waals surface area contributed by atoms with Gasteiger partial charge in [-0.3, -0.25) is 0 Å². The molecule has 82 valence electrons. The number of aromatic hydroxyl groups is 3. The molecule has 0 spiro atoms. The lowest BCUT2D eigenvalue weighted by molar-refractivity contribution is 0.114. The molecule has 0 bridgehead atoms. The Morgan fingerprint density at radius 2 is 1.73 bits per heavy atom. The first-order valence-corrected chi connectivity index (χ1v) is 4.66. The lowest BCUT2D eigenvalue weighted by atomic mass is 9.94. The zero-order chi connectivity index (χ0) is 11.1. The summed E-state index contributed by atoms with van der Waals surface area (Å²) < 4.78 is 0. The molecule has 0 heterocycles. The van der Waals surface area contributed by atoms with Crippen LogP contribution in [0.4, 0.5) is 0 Å². The van der Waals surface area contributed by atoms with E-state index < -0.39 is 5.41 Å². The molecule has 5 heteroatoms. The van der Waals surface area contributed by atoms with E-state index in [9.17, 15) is 10.2 Å². The second kappa shape index (κ2) is 3.29. The molecule has 5 N–H and O–H groups in total. The molecule has 5 nitrogen and oxygen atoms in total. The molecular formula is C10H13NO4. The van der Waals surface area contributed by atoms with Crippen LogP contribution in [0.25, 0.3) is 0 Å². The first-order valence-electron chi connectivity index (χ1n) is 4.66. The van der Waals surface area contributed by atoms with E-state index in [1.54, 1.807) is 0 Å². The molecule has 1 saturated carbocycles. The highest BCUT2D eigenvalue weighted by atomic mass is 16.6. The highest BCUT2D eigenvalue weighted by Gasteiger charge is 2.48. The fourth-order valence-electron chi connectivity index (χ4n) is 1.92. The van der Waals surface area contributed by atoms with E-state index >= 15 is 0 Å². The zero-order valence-corrected chi connectivity index (χ0v) is 8.10. The molecule has 2 rings (SSSR count). The number of hydrogen-bond acceptors (Lipinski definition) is 5. The summed E-state index contributed by atoms with van der Waals surface area (Å²) in [5, 5.41) is 28.5. The van der Waals surface area contributed by atoms with Crippen molar-refractivity contribution in [2.75, 3.05) is 6.61 Å². The summed E-state index contributed by atoms with van der Waals surface area (Å²) in [7, 11) is 0. The summed E-state index contributed by atoms with van der Waals surface area (Å²) >= 11 is 0. The minimum atomic E-state index is -0.392. The minimum absolute atomic E-state index is 0.123. The molecule has 15 heavy (non-hydrogen) atoms. The molecule has 0 saturated heterocycles. The second-order valence-corrected chi connectivity index (χ2v) is 3.95. The maximum absolute atomic E-state index is 9.66. The van der Waals surface area contributed by atoms with Crippen LogP contribution >= 0.6 is 0 Å². The van der Waals surface area contributed by atoms with Gasteiger partial charge in [-0.25, -0.2) is 5.90 Å². The topological polar surface area (TPSA) is 95.9 Å². The molecule has 1 aromatic rings. The van der Waals surface area contributed by atoms with Crippen molar-refractivity contribution >= 4 is 0 Å². The van der Waals surface area contributed by atoms with Gasteiger partial charge in [0.25, 0.3) is 0 Å². The van der Waals surface area contributed by atoms with Crippen molar-refractivity contribution in [1.29, 1.82) is 0 Å². The van der Waals surface area contributed by atoms with E-state index in [2.05, 4.69) is 4.84 Å². The molecule has 0 aromatic heterocycles. The number of phenolic OH excluding ortho intramolecular Hbond substituents is 3. The van der Waals surface area contributed by atoms with E-state index in [-0.39, 0.29) is 23.9 Å². The second-order valence-electron chi connectivity index (χ2n) is 3.95. The Balaban J connectivity index is 2.44. The predicted molar refractivity (Wildman–Crippen MR) is 52.5 cm³/mol. The van der Waals surface area contributed by atoms with E-state index in [0.717, 1.165) is 12.8 Å². The van der Waals surface area contributed by atoms with Crippen LogP contribution in [-0.4, -0.2) is 21.9 Å². The number of rotatable bonds is 3. The SMILES string of the molecule is NOCC1(c2c(O)cc(O)cc2O)CC1. The van der Waals surface area contributed by atoms with Crippen molar-refractivity contribution < 1.29 is 20.2 Å². The zero-order valence-electron chi connectivity index (χ0n) is 8.10. The van der Waals surface area contributed by atoms with Crippen LogP contribution in [0.2, 0.25) is 0 Å². The first kappa shape index (κ1) is 10.1. The highest BCUT2D eigenvalue weighted by molar-refractivity contribution is 5.54. The number of hydrogen-bond donors (Lipinski definition) is 4. The van der Waals surface area contributed by atoms with Crippen LogP contribution < -0.4 is 5.90 Å². The van der Waals surface area contributed by atoms with Gasteiger partial charge in [-0.05, 0) is 12.8 Å². The maximum Gasteiger partial charge on any atom is 0.126 e. The molecule has 0 amide bonds. The van der Waals surface area contributed by atoms with Crippen molar-refractivity contribution in [2.24, 2.45) is 5.90 Å². The summed E-state index contributed by atoms with van der Waals surface area (Å²) in [5.41, 5.74) is 0.0159. The molecule has 0 unspecified atom stereocenters. The van der Waals surface area contributed by atoms with Gasteiger partial charge >= 0.3 is 0 Å². The first-order chi connectivity index (χ1) is 7.09. The Hall–Kier alpha value is -1.46. The average molecular weight is 211 g/mol. The predicted octanol–water partition coefficient (Wildman–Crippen LogP) is 0.725. The van der Waals surface area contributed by atoms with Crippen LogP contribution in [0.15, 0.2) is 12.1 Å². The van der Waals surface area contributed by atoms with Gasteiger partial charge in [-0.15, -0.1) is 0 Å². The largest absolute Gasteiger partial charge is 0.508 e. The third-order valence-corrected chi connectivity index (χ3v) is 2.82. The lowest BCUT2D eigenvalue weighted by Gasteiger charge is -2.17. The van der Waals surface area contributed by atoms with E-state index in [1.165, 1.54) is 12.1 Å². The van der Waals surface area contributed by atoms with Crippen LogP contribution in [0.1, 0.15) is 18.4 Å². The van der Waals surface area contributed by atoms with Crippen LogP contribution in [0.3, 0.4) is 0 Å². The summed E-state index contributed by atoms with van der Waals surface area (Å²) in [4.78, 5) is 4.58. The Kier molecular flexibility index (Phi) is 2.21. The fourth-order valence-corrected chi connectivity index (χ4v) is 1.92. The van der Waals surface area contributed by atoms with Gasteiger partial charge in [0.15, 0.2) is 0 Å². The van der Waals surface area contributed by atoms with Crippen molar-refractivity contribution in [3.8, 4) is 17.2 Å². The van der Waals surface area contributed by atoms with Gasteiger partial charge in [0.2, 0.25) is 0 Å². The minimum Gasteiger partial charge on any atom is -0.508 e. The summed E-state index contributed by atoms with van der Waals surface area (Å²) in [6, 6.07) is 2.40. The Morgan fingerprint density at radius 3 is 2.13 bits per heavy atom. The summed E-state index contributed by atoms with van der Waals surface area (Å²) in [5.74, 6) is 4.59. The quantitative estimate of drug-likeness (QED) is 0.552. The Morgan fingerprint density at radius 1 is 1.20 bits per heavy atom. The Labute approximate surface area is 86.7 Å². The van der Waals surface area contributed by atoms with Gasteiger partial charge in [-0.1, -0.05) is 0 Å². The average Bonchev–Trinajstić information content (AvgIpc) is 2.83. The van der Waals surface area contributed by atoms with E-state index in [0.29, 0.717) is 5.56 Å². The highest BCUT2D eigenvalue weighted by Crippen LogP contribution is 2.54. The fraction of sp³-hybridized carbons (Fsp3) is 0.400. The van der Waals surface area contributed by atoms with Crippen LogP contribution in [-0.2, 0) is 10.3 Å². The van der Waals surface area contributed by atoms with E-state index in [1.807, 2.05) is 0 Å². The van der Waals surface area contributed by atoms with E-state index in [4.69, 9.17) is 11.0 Å². The number of benzene rings is 1. The smallest absolute Gasteiger partial charge is 0.126 e. The molecule has 1 aliphatic rings. The van der Waals surface area contributed by atoms with Gasteiger partial charge in [0.1, 0.15) is 17.2 Å². The lowest BCUT2D eigenvalue weighted by Crippen LogP contribution is -2.18. The normalized spacial score (nSPS) is 17.7. The van der Waals surface area contributed by atoms with Crippen molar-refractivity contribution in [1.82, 2.24) is 0 Å². The molecular weight excluding hydrogens is 198 g/mol. The summed E-state index contributed by atoms with van der Waals surface area (Å²) in [6.45, 7) is 0.249. The molecule has 1 aliphatic carbocycles. The van der Waals surface area contributed by atoms with Gasteiger partial charge in [0.05, 0.1) is 6.61 Å². The van der Waals surface area contributed by atoms with Crippen LogP contribution in [0, 0.1) is 0 Å². The van der Waals surface area contributed by atoms with Crippen molar-refractivity contribution in [3.63, 3.8) is 0 Å². The van der Waals surface area contributed by atoms with Gasteiger partial charge in [-0.2, -0.15) is 0 Å². The molecule has 1 aromatic carbocycles. The third kappa shape index (κ3) is 1.60. The van der Waals surface area contributed by atoms with Gasteiger partial charge in [0, 0.05) is 23.1 Å². The number of phenols is 3. The monoisotopic (exact) mass is 211 g/mol.